The van der Waals surface area contributed by atoms with Gasteiger partial charge in [0.1, 0.15) is 0 Å². The molecule has 0 fully saturated rings. The van der Waals surface area contributed by atoms with Crippen LogP contribution in [0.1, 0.15) is 11.3 Å². The van der Waals surface area contributed by atoms with Gasteiger partial charge >= 0.3 is 0 Å². The van der Waals surface area contributed by atoms with Crippen LogP contribution in [0.4, 0.5) is 5.82 Å². The number of aryl methyl sites for hydroxylation is 1. The first-order chi connectivity index (χ1) is 6.74. The van der Waals surface area contributed by atoms with E-state index >= 15 is 0 Å². The molecular formula is C9H11N5. The van der Waals surface area contributed by atoms with E-state index in [9.17, 15) is 0 Å². The summed E-state index contributed by atoms with van der Waals surface area (Å²) in [5.74, 6) is 0.441. The van der Waals surface area contributed by atoms with Crippen molar-refractivity contribution in [2.45, 2.75) is 13.5 Å². The molecule has 0 aliphatic rings. The van der Waals surface area contributed by atoms with E-state index in [0.717, 1.165) is 11.3 Å². The normalized spacial score (nSPS) is 10.4. The summed E-state index contributed by atoms with van der Waals surface area (Å²) in [5, 5.41) is 8.00. The van der Waals surface area contributed by atoms with Crippen molar-refractivity contribution >= 4 is 5.82 Å². The molecule has 0 amide bonds. The average Bonchev–Trinajstić information content (AvgIpc) is 2.51. The standard InChI is InChI=1S/C9H11N5/c1-7-4-8(2-3-11-7)6-14-12-5-9(10)13-14/h2-5H,6H2,1H3,(H2,10,13). The molecule has 5 heteroatoms. The maximum absolute atomic E-state index is 5.46. The number of hydrogen-bond acceptors (Lipinski definition) is 4. The number of aromatic nitrogens is 4. The molecule has 2 rings (SSSR count). The third-order valence-electron chi connectivity index (χ3n) is 1.84. The molecular weight excluding hydrogens is 178 g/mol. The molecule has 2 aromatic rings. The van der Waals surface area contributed by atoms with Crippen LogP contribution in [-0.4, -0.2) is 20.0 Å². The van der Waals surface area contributed by atoms with E-state index in [2.05, 4.69) is 15.2 Å². The Morgan fingerprint density at radius 3 is 3.00 bits per heavy atom. The number of nitrogens with two attached hydrogens (primary N) is 1. The quantitative estimate of drug-likeness (QED) is 0.751. The Bertz CT molecular complexity index is 434. The second-order valence-electron chi connectivity index (χ2n) is 3.11. The molecule has 0 bridgehead atoms. The van der Waals surface area contributed by atoms with Gasteiger partial charge in [0.25, 0.3) is 0 Å². The number of anilines is 1. The van der Waals surface area contributed by atoms with Crippen molar-refractivity contribution in [1.29, 1.82) is 0 Å². The monoisotopic (exact) mass is 189 g/mol. The van der Waals surface area contributed by atoms with Gasteiger partial charge in [0.05, 0.1) is 12.7 Å². The molecule has 2 N–H and O–H groups in total. The molecule has 0 saturated carbocycles. The van der Waals surface area contributed by atoms with Crippen LogP contribution in [0.2, 0.25) is 0 Å². The number of nitrogen functional groups attached to an aromatic ring is 1. The van der Waals surface area contributed by atoms with E-state index in [1.165, 1.54) is 6.20 Å². The third-order valence-corrected chi connectivity index (χ3v) is 1.84. The lowest BCUT2D eigenvalue weighted by molar-refractivity contribution is 0.592. The minimum atomic E-state index is 0.441. The summed E-state index contributed by atoms with van der Waals surface area (Å²) in [5.41, 5.74) is 7.56. The molecule has 2 heterocycles. The highest BCUT2D eigenvalue weighted by Gasteiger charge is 1.98. The van der Waals surface area contributed by atoms with Crippen LogP contribution in [0, 0.1) is 6.92 Å². The fourth-order valence-corrected chi connectivity index (χ4v) is 1.25. The highest BCUT2D eigenvalue weighted by atomic mass is 15.5. The van der Waals surface area contributed by atoms with Gasteiger partial charge < -0.3 is 5.73 Å². The minimum absolute atomic E-state index is 0.441. The number of hydrogen-bond donors (Lipinski definition) is 1. The van der Waals surface area contributed by atoms with Crippen molar-refractivity contribution in [2.75, 3.05) is 5.73 Å². The zero-order valence-electron chi connectivity index (χ0n) is 7.88. The fraction of sp³-hybridized carbons (Fsp3) is 0.222. The van der Waals surface area contributed by atoms with Crippen molar-refractivity contribution in [2.24, 2.45) is 0 Å². The predicted molar refractivity (Wildman–Crippen MR) is 52.5 cm³/mol. The van der Waals surface area contributed by atoms with E-state index < -0.39 is 0 Å². The fourth-order valence-electron chi connectivity index (χ4n) is 1.25. The van der Waals surface area contributed by atoms with E-state index in [4.69, 9.17) is 5.73 Å². The third kappa shape index (κ3) is 1.87. The first-order valence-electron chi connectivity index (χ1n) is 4.31. The van der Waals surface area contributed by atoms with Crippen molar-refractivity contribution in [3.05, 3.63) is 35.8 Å². The van der Waals surface area contributed by atoms with Crippen molar-refractivity contribution in [1.82, 2.24) is 20.0 Å². The van der Waals surface area contributed by atoms with Crippen LogP contribution in [0.25, 0.3) is 0 Å². The van der Waals surface area contributed by atoms with Crippen LogP contribution in [0.15, 0.2) is 24.5 Å². The Morgan fingerprint density at radius 2 is 2.36 bits per heavy atom. The summed E-state index contributed by atoms with van der Waals surface area (Å²) >= 11 is 0. The second kappa shape index (κ2) is 3.45. The first kappa shape index (κ1) is 8.68. The van der Waals surface area contributed by atoms with Crippen LogP contribution in [0.3, 0.4) is 0 Å². The van der Waals surface area contributed by atoms with Crippen molar-refractivity contribution < 1.29 is 0 Å². The summed E-state index contributed by atoms with van der Waals surface area (Å²) in [6, 6.07) is 3.94. The van der Waals surface area contributed by atoms with Gasteiger partial charge in [-0.3, -0.25) is 4.98 Å². The Labute approximate surface area is 81.6 Å². The highest BCUT2D eigenvalue weighted by Crippen LogP contribution is 2.02. The smallest absolute Gasteiger partial charge is 0.165 e. The molecule has 0 unspecified atom stereocenters. The molecule has 0 aliphatic carbocycles. The molecule has 0 radical (unpaired) electrons. The number of nitrogens with zero attached hydrogens (tertiary/aromatic N) is 4. The molecule has 0 aromatic carbocycles. The molecule has 14 heavy (non-hydrogen) atoms. The summed E-state index contributed by atoms with van der Waals surface area (Å²) in [6.07, 6.45) is 3.31. The summed E-state index contributed by atoms with van der Waals surface area (Å²) < 4.78 is 0. The molecule has 5 nitrogen and oxygen atoms in total. The van der Waals surface area contributed by atoms with Gasteiger partial charge in [-0.2, -0.15) is 9.90 Å². The van der Waals surface area contributed by atoms with E-state index in [1.54, 1.807) is 11.0 Å². The predicted octanol–water partition coefficient (Wildman–Crippen LogP) is 0.612. The zero-order valence-corrected chi connectivity index (χ0v) is 7.88. The maximum Gasteiger partial charge on any atom is 0.165 e. The Morgan fingerprint density at radius 1 is 1.50 bits per heavy atom. The number of rotatable bonds is 2. The molecule has 0 saturated heterocycles. The van der Waals surface area contributed by atoms with Crippen LogP contribution in [0.5, 0.6) is 0 Å². The van der Waals surface area contributed by atoms with Crippen LogP contribution in [-0.2, 0) is 6.54 Å². The summed E-state index contributed by atoms with van der Waals surface area (Å²) in [6.45, 7) is 2.58. The molecule has 0 spiro atoms. The van der Waals surface area contributed by atoms with Gasteiger partial charge in [-0.15, -0.1) is 5.10 Å². The van der Waals surface area contributed by atoms with Gasteiger partial charge in [0, 0.05) is 11.9 Å². The van der Waals surface area contributed by atoms with Crippen molar-refractivity contribution in [3.63, 3.8) is 0 Å². The second-order valence-corrected chi connectivity index (χ2v) is 3.11. The van der Waals surface area contributed by atoms with E-state index in [1.807, 2.05) is 19.1 Å². The topological polar surface area (TPSA) is 69.6 Å². The summed E-state index contributed by atoms with van der Waals surface area (Å²) in [7, 11) is 0. The van der Waals surface area contributed by atoms with Gasteiger partial charge in [-0.25, -0.2) is 0 Å². The van der Waals surface area contributed by atoms with Crippen molar-refractivity contribution in [3.8, 4) is 0 Å². The molecule has 2 aromatic heterocycles. The van der Waals surface area contributed by atoms with Gasteiger partial charge in [-0.1, -0.05) is 0 Å². The molecule has 0 aliphatic heterocycles. The Kier molecular flexibility index (Phi) is 2.14. The average molecular weight is 189 g/mol. The lowest BCUT2D eigenvalue weighted by Crippen LogP contribution is -2.04. The van der Waals surface area contributed by atoms with Gasteiger partial charge in [0.2, 0.25) is 0 Å². The largest absolute Gasteiger partial charge is 0.381 e. The maximum atomic E-state index is 5.46. The van der Waals surface area contributed by atoms with E-state index in [0.29, 0.717) is 12.4 Å². The highest BCUT2D eigenvalue weighted by molar-refractivity contribution is 5.20. The minimum Gasteiger partial charge on any atom is -0.381 e. The SMILES string of the molecule is Cc1cc(Cn2ncc(N)n2)ccn1. The number of pyridine rings is 1. The lowest BCUT2D eigenvalue weighted by atomic mass is 10.2. The molecule has 0 atom stereocenters. The Balaban J connectivity index is 2.18. The van der Waals surface area contributed by atoms with E-state index in [-0.39, 0.29) is 0 Å². The molecule has 72 valence electrons. The lowest BCUT2D eigenvalue weighted by Gasteiger charge is -2.00. The first-order valence-corrected chi connectivity index (χ1v) is 4.31. The van der Waals surface area contributed by atoms with Crippen LogP contribution >= 0.6 is 0 Å². The van der Waals surface area contributed by atoms with Gasteiger partial charge in [0.15, 0.2) is 5.82 Å². The van der Waals surface area contributed by atoms with Gasteiger partial charge in [-0.05, 0) is 24.6 Å². The Hall–Kier alpha value is -1.91. The summed E-state index contributed by atoms with van der Waals surface area (Å²) in [4.78, 5) is 5.67. The zero-order chi connectivity index (χ0) is 9.97. The van der Waals surface area contributed by atoms with Crippen LogP contribution < -0.4 is 5.73 Å².